The van der Waals surface area contributed by atoms with E-state index in [0.717, 1.165) is 32.3 Å². The summed E-state index contributed by atoms with van der Waals surface area (Å²) in [5.41, 5.74) is 8.82. The van der Waals surface area contributed by atoms with Gasteiger partial charge in [-0.2, -0.15) is 0 Å². The fraction of sp³-hybridized carbons (Fsp3) is 0.571. The van der Waals surface area contributed by atoms with E-state index in [0.29, 0.717) is 42.0 Å². The van der Waals surface area contributed by atoms with Gasteiger partial charge in [-0.15, -0.1) is 6.58 Å². The molecule has 3 saturated carbocycles. The Morgan fingerprint density at radius 2 is 1.81 bits per heavy atom. The number of hydrogen-bond acceptors (Lipinski definition) is 2. The quantitative estimate of drug-likeness (QED) is 0.277. The lowest BCUT2D eigenvalue weighted by Crippen LogP contribution is -2.45. The van der Waals surface area contributed by atoms with Gasteiger partial charge < -0.3 is 4.74 Å². The molecule has 37 heavy (non-hydrogen) atoms. The van der Waals surface area contributed by atoms with Crippen molar-refractivity contribution in [2.45, 2.75) is 97.0 Å². The van der Waals surface area contributed by atoms with Crippen LogP contribution in [0.25, 0.3) is 5.57 Å². The Hall–Kier alpha value is -2.19. The first-order chi connectivity index (χ1) is 18.0. The molecular formula is C35H46O2. The van der Waals surface area contributed by atoms with Crippen LogP contribution in [0.3, 0.4) is 0 Å². The zero-order chi connectivity index (χ0) is 26.2. The summed E-state index contributed by atoms with van der Waals surface area (Å²) in [6, 6.07) is 9.41. The van der Waals surface area contributed by atoms with Crippen LogP contribution >= 0.6 is 0 Å². The van der Waals surface area contributed by atoms with Crippen LogP contribution in [0.15, 0.2) is 66.3 Å². The maximum atomic E-state index is 12.3. The number of fused-ring (bicyclic) bond motifs is 4. The van der Waals surface area contributed by atoms with Crippen LogP contribution in [0, 0.1) is 23.2 Å². The van der Waals surface area contributed by atoms with Gasteiger partial charge in [0.05, 0.1) is 12.7 Å². The van der Waals surface area contributed by atoms with E-state index in [-0.39, 0.29) is 5.41 Å². The lowest BCUT2D eigenvalue weighted by Gasteiger charge is -2.52. The summed E-state index contributed by atoms with van der Waals surface area (Å²) in [4.78, 5) is 12.3. The van der Waals surface area contributed by atoms with Crippen LogP contribution in [-0.4, -0.2) is 18.5 Å². The Balaban J connectivity index is 0.00000137. The smallest absolute Gasteiger partial charge is 0.156 e. The van der Waals surface area contributed by atoms with Crippen molar-refractivity contribution < 1.29 is 9.53 Å². The molecule has 5 atom stereocenters. The number of rotatable bonds is 7. The first-order valence-corrected chi connectivity index (χ1v) is 15.0. The van der Waals surface area contributed by atoms with E-state index in [1.165, 1.54) is 60.0 Å². The number of hydrogen-bond donors (Lipinski definition) is 0. The van der Waals surface area contributed by atoms with E-state index in [1.807, 2.05) is 26.0 Å². The van der Waals surface area contributed by atoms with Gasteiger partial charge in [0.15, 0.2) is 5.78 Å². The van der Waals surface area contributed by atoms with Gasteiger partial charge in [-0.3, -0.25) is 4.79 Å². The molecule has 0 aromatic heterocycles. The van der Waals surface area contributed by atoms with Crippen molar-refractivity contribution in [3.8, 4) is 0 Å². The normalized spacial score (nSPS) is 32.4. The van der Waals surface area contributed by atoms with Gasteiger partial charge in [0, 0.05) is 12.3 Å². The van der Waals surface area contributed by atoms with Gasteiger partial charge in [0.25, 0.3) is 0 Å². The van der Waals surface area contributed by atoms with E-state index in [2.05, 4.69) is 44.3 Å². The minimum Gasteiger partial charge on any atom is -0.377 e. The van der Waals surface area contributed by atoms with Gasteiger partial charge in [-0.1, -0.05) is 63.3 Å². The maximum Gasteiger partial charge on any atom is 0.156 e. The largest absolute Gasteiger partial charge is 0.377 e. The highest BCUT2D eigenvalue weighted by atomic mass is 16.5. The van der Waals surface area contributed by atoms with Crippen LogP contribution in [0.4, 0.5) is 0 Å². The molecule has 5 aliphatic rings. The molecule has 0 heterocycles. The minimum absolute atomic E-state index is 0.197. The molecule has 0 saturated heterocycles. The minimum atomic E-state index is 0.197. The topological polar surface area (TPSA) is 26.3 Å². The van der Waals surface area contributed by atoms with Crippen molar-refractivity contribution in [3.05, 3.63) is 77.4 Å². The zero-order valence-electron chi connectivity index (χ0n) is 23.4. The summed E-state index contributed by atoms with van der Waals surface area (Å²) in [7, 11) is 0. The molecule has 0 aliphatic heterocycles. The third-order valence-corrected chi connectivity index (χ3v) is 10.0. The predicted octanol–water partition coefficient (Wildman–Crippen LogP) is 9.00. The van der Waals surface area contributed by atoms with Crippen molar-refractivity contribution >= 4 is 11.4 Å². The summed E-state index contributed by atoms with van der Waals surface area (Å²) < 4.78 is 6.53. The number of carbonyl (C=O) groups excluding carboxylic acids is 1. The van der Waals surface area contributed by atoms with Crippen molar-refractivity contribution in [3.63, 3.8) is 0 Å². The van der Waals surface area contributed by atoms with Crippen LogP contribution in [0.2, 0.25) is 0 Å². The molecule has 3 fully saturated rings. The molecule has 0 radical (unpaired) electrons. The van der Waals surface area contributed by atoms with Gasteiger partial charge in [-0.25, -0.2) is 0 Å². The standard InChI is InChI=1S/C33H40O2.C2H6/c1-4-5-18-35-31-17-16-30-28-14-12-25-19-26(34)13-15-27(25)32(28)29(20-33(30,31)3)24-10-8-23(9-11-24)21(2)22-6-7-22;1-2/h4,8-11,19,22,28-31H,1-2,5-7,12-18,20H2,3H3;1-2H3/t28?,29-,30?,31+,33+;/m1./s1. The van der Waals surface area contributed by atoms with Gasteiger partial charge in [-0.05, 0) is 115 Å². The number of carbonyl (C=O) groups is 1. The van der Waals surface area contributed by atoms with Gasteiger partial charge in [0.1, 0.15) is 0 Å². The predicted molar refractivity (Wildman–Crippen MR) is 154 cm³/mol. The molecule has 198 valence electrons. The number of ether oxygens (including phenoxy) is 1. The fourth-order valence-electron chi connectivity index (χ4n) is 8.08. The molecule has 0 bridgehead atoms. The molecule has 6 rings (SSSR count). The molecule has 5 aliphatic carbocycles. The van der Waals surface area contributed by atoms with Crippen molar-refractivity contribution in [2.75, 3.05) is 6.61 Å². The molecule has 0 N–H and O–H groups in total. The van der Waals surface area contributed by atoms with E-state index < -0.39 is 0 Å². The van der Waals surface area contributed by atoms with Crippen molar-refractivity contribution in [1.29, 1.82) is 0 Å². The van der Waals surface area contributed by atoms with Gasteiger partial charge >= 0.3 is 0 Å². The highest BCUT2D eigenvalue weighted by Crippen LogP contribution is 2.64. The third-order valence-electron chi connectivity index (χ3n) is 10.0. The third kappa shape index (κ3) is 4.87. The molecule has 0 spiro atoms. The maximum absolute atomic E-state index is 12.3. The molecule has 1 aromatic rings. The van der Waals surface area contributed by atoms with E-state index in [1.54, 1.807) is 5.57 Å². The van der Waals surface area contributed by atoms with Crippen LogP contribution in [0.1, 0.15) is 102 Å². The molecule has 1 aromatic carbocycles. The number of benzene rings is 1. The average molecular weight is 499 g/mol. The molecule has 2 unspecified atom stereocenters. The number of ketones is 1. The highest BCUT2D eigenvalue weighted by molar-refractivity contribution is 5.93. The lowest BCUT2D eigenvalue weighted by atomic mass is 9.53. The summed E-state index contributed by atoms with van der Waals surface area (Å²) in [5, 5.41) is 0. The number of allylic oxidation sites excluding steroid dienone is 5. The summed E-state index contributed by atoms with van der Waals surface area (Å²) in [6.45, 7) is 15.6. The van der Waals surface area contributed by atoms with E-state index in [9.17, 15) is 4.79 Å². The van der Waals surface area contributed by atoms with E-state index in [4.69, 9.17) is 4.74 Å². The SMILES string of the molecule is C=CCCO[C@H]1CCC2C3CCC4=CC(=O)CCC4=C3[C@@H](c3ccc(C(=C)C4CC4)cc3)C[C@@]21C.CC. The Morgan fingerprint density at radius 1 is 1.05 bits per heavy atom. The molecule has 0 amide bonds. The Labute approximate surface area is 225 Å². The second-order valence-corrected chi connectivity index (χ2v) is 12.0. The van der Waals surface area contributed by atoms with Crippen LogP contribution in [-0.2, 0) is 9.53 Å². The lowest BCUT2D eigenvalue weighted by molar-refractivity contribution is -0.114. The summed E-state index contributed by atoms with van der Waals surface area (Å²) in [6.07, 6.45) is 15.2. The van der Waals surface area contributed by atoms with Crippen molar-refractivity contribution in [1.82, 2.24) is 0 Å². The fourth-order valence-corrected chi connectivity index (χ4v) is 8.08. The van der Waals surface area contributed by atoms with Crippen molar-refractivity contribution in [2.24, 2.45) is 23.2 Å². The first-order valence-electron chi connectivity index (χ1n) is 15.0. The van der Waals surface area contributed by atoms with E-state index >= 15 is 0 Å². The Morgan fingerprint density at radius 3 is 2.51 bits per heavy atom. The second-order valence-electron chi connectivity index (χ2n) is 12.0. The second kappa shape index (κ2) is 10.9. The monoisotopic (exact) mass is 498 g/mol. The molecular weight excluding hydrogens is 452 g/mol. The Bertz CT molecular complexity index is 1100. The summed E-state index contributed by atoms with van der Waals surface area (Å²) >= 11 is 0. The zero-order valence-corrected chi connectivity index (χ0v) is 23.4. The van der Waals surface area contributed by atoms with Gasteiger partial charge in [0.2, 0.25) is 0 Å². The van der Waals surface area contributed by atoms with Crippen LogP contribution in [0.5, 0.6) is 0 Å². The molecule has 2 heteroatoms. The average Bonchev–Trinajstić information content (AvgIpc) is 3.72. The van der Waals surface area contributed by atoms with Crippen LogP contribution < -0.4 is 0 Å². The molecule has 2 nitrogen and oxygen atoms in total. The highest BCUT2D eigenvalue weighted by Gasteiger charge is 2.57. The Kier molecular flexibility index (Phi) is 7.78. The first kappa shape index (κ1) is 26.4. The summed E-state index contributed by atoms with van der Waals surface area (Å²) in [5.74, 6) is 2.73.